The van der Waals surface area contributed by atoms with Gasteiger partial charge >= 0.3 is 5.97 Å². The minimum absolute atomic E-state index is 0.118. The summed E-state index contributed by atoms with van der Waals surface area (Å²) in [6, 6.07) is 2.85. The highest BCUT2D eigenvalue weighted by molar-refractivity contribution is 9.10. The van der Waals surface area contributed by atoms with Crippen LogP contribution in [-0.4, -0.2) is 23.0 Å². The van der Waals surface area contributed by atoms with Gasteiger partial charge in [0, 0.05) is 16.6 Å². The smallest absolute Gasteiger partial charge is 0.303 e. The third-order valence-corrected chi connectivity index (χ3v) is 3.96. The van der Waals surface area contributed by atoms with Crippen molar-refractivity contribution < 1.29 is 14.7 Å². The number of carbonyl (C=O) groups is 2. The predicted molar refractivity (Wildman–Crippen MR) is 77.1 cm³/mol. The van der Waals surface area contributed by atoms with Crippen LogP contribution in [0.5, 0.6) is 0 Å². The van der Waals surface area contributed by atoms with E-state index in [1.54, 1.807) is 0 Å². The van der Waals surface area contributed by atoms with Crippen LogP contribution >= 0.6 is 15.9 Å². The molecule has 0 saturated carbocycles. The van der Waals surface area contributed by atoms with Gasteiger partial charge in [0.25, 0.3) is 0 Å². The lowest BCUT2D eigenvalue weighted by Gasteiger charge is -2.13. The second-order valence-corrected chi connectivity index (χ2v) is 5.25. The Labute approximate surface area is 120 Å². The van der Waals surface area contributed by atoms with Gasteiger partial charge in [-0.3, -0.25) is 9.59 Å². The average Bonchev–Trinajstić information content (AvgIpc) is 2.32. The molecule has 0 heterocycles. The van der Waals surface area contributed by atoms with Gasteiger partial charge in [-0.05, 0) is 43.5 Å². The fraction of sp³-hybridized carbons (Fsp3) is 0.385. The molecule has 0 aromatic heterocycles. The fourth-order valence-electron chi connectivity index (χ4n) is 1.66. The van der Waals surface area contributed by atoms with Crippen LogP contribution in [0.15, 0.2) is 16.6 Å². The molecular weight excluding hydrogens is 312 g/mol. The Morgan fingerprint density at radius 1 is 1.37 bits per heavy atom. The summed E-state index contributed by atoms with van der Waals surface area (Å²) in [7, 11) is 0. The molecule has 19 heavy (non-hydrogen) atoms. The van der Waals surface area contributed by atoms with E-state index < -0.39 is 12.0 Å². The summed E-state index contributed by atoms with van der Waals surface area (Å²) in [5.41, 5.74) is 8.31. The van der Waals surface area contributed by atoms with E-state index in [4.69, 9.17) is 10.8 Å². The molecule has 1 aromatic carbocycles. The van der Waals surface area contributed by atoms with Gasteiger partial charge in [-0.2, -0.15) is 0 Å². The Bertz CT molecular complexity index is 480. The first kappa shape index (κ1) is 15.7. The fourth-order valence-corrected chi connectivity index (χ4v) is 1.89. The van der Waals surface area contributed by atoms with Crippen LogP contribution in [-0.2, 0) is 9.59 Å². The van der Waals surface area contributed by atoms with Crippen molar-refractivity contribution in [3.05, 3.63) is 27.7 Å². The highest BCUT2D eigenvalue weighted by Crippen LogP contribution is 2.25. The number of carbonyl (C=O) groups excluding carboxylic acids is 1. The van der Waals surface area contributed by atoms with Gasteiger partial charge in [0.2, 0.25) is 5.91 Å². The zero-order valence-electron chi connectivity index (χ0n) is 10.9. The number of benzene rings is 1. The molecule has 0 spiro atoms. The third kappa shape index (κ3) is 4.65. The molecule has 0 fully saturated rings. The minimum atomic E-state index is -0.960. The molecule has 0 bridgehead atoms. The molecule has 0 aliphatic heterocycles. The summed E-state index contributed by atoms with van der Waals surface area (Å²) in [6.07, 6.45) is 0.00262. The number of hydrogen-bond acceptors (Lipinski definition) is 3. The number of carboxylic acids is 1. The van der Waals surface area contributed by atoms with Crippen molar-refractivity contribution in [3.8, 4) is 0 Å². The van der Waals surface area contributed by atoms with E-state index in [9.17, 15) is 9.59 Å². The van der Waals surface area contributed by atoms with Crippen molar-refractivity contribution in [1.29, 1.82) is 0 Å². The molecule has 1 rings (SSSR count). The quantitative estimate of drug-likeness (QED) is 0.772. The second-order valence-electron chi connectivity index (χ2n) is 4.45. The van der Waals surface area contributed by atoms with Crippen molar-refractivity contribution >= 4 is 33.5 Å². The molecule has 0 saturated heterocycles. The summed E-state index contributed by atoms with van der Waals surface area (Å²) < 4.78 is 1.00. The Balaban J connectivity index is 2.69. The third-order valence-electron chi connectivity index (χ3n) is 2.71. The van der Waals surface area contributed by atoms with Crippen molar-refractivity contribution in [2.75, 3.05) is 5.32 Å². The number of amides is 1. The van der Waals surface area contributed by atoms with Crippen LogP contribution in [0.4, 0.5) is 5.69 Å². The summed E-state index contributed by atoms with van der Waals surface area (Å²) in [4.78, 5) is 22.2. The Morgan fingerprint density at radius 2 is 1.89 bits per heavy atom. The Hall–Kier alpha value is -1.40. The van der Waals surface area contributed by atoms with Gasteiger partial charge in [0.1, 0.15) is 0 Å². The number of aryl methyl sites for hydroxylation is 2. The number of rotatable bonds is 5. The van der Waals surface area contributed by atoms with E-state index in [0.29, 0.717) is 5.69 Å². The number of halogens is 1. The normalized spacial score (nSPS) is 12.0. The number of nitrogens with two attached hydrogens (primary N) is 1. The highest BCUT2D eigenvalue weighted by Gasteiger charge is 2.15. The van der Waals surface area contributed by atoms with Crippen molar-refractivity contribution in [2.45, 2.75) is 32.7 Å². The summed E-state index contributed by atoms with van der Waals surface area (Å²) in [5.74, 6) is -1.33. The van der Waals surface area contributed by atoms with E-state index in [0.717, 1.165) is 15.6 Å². The molecular formula is C13H17BrN2O3. The lowest BCUT2D eigenvalue weighted by molar-refractivity contribution is -0.137. The number of anilines is 1. The Morgan fingerprint density at radius 3 is 2.37 bits per heavy atom. The van der Waals surface area contributed by atoms with E-state index in [1.807, 2.05) is 26.0 Å². The zero-order chi connectivity index (χ0) is 14.6. The highest BCUT2D eigenvalue weighted by atomic mass is 79.9. The lowest BCUT2D eigenvalue weighted by Crippen LogP contribution is -2.36. The van der Waals surface area contributed by atoms with Gasteiger partial charge in [0.15, 0.2) is 0 Å². The maximum Gasteiger partial charge on any atom is 0.303 e. The predicted octanol–water partition coefficient (Wildman–Crippen LogP) is 2.20. The van der Waals surface area contributed by atoms with Gasteiger partial charge < -0.3 is 16.2 Å². The molecule has 6 heteroatoms. The molecule has 0 radical (unpaired) electrons. The minimum Gasteiger partial charge on any atom is -0.481 e. The van der Waals surface area contributed by atoms with Crippen molar-refractivity contribution in [3.63, 3.8) is 0 Å². The maximum atomic E-state index is 11.8. The first-order valence-electron chi connectivity index (χ1n) is 5.86. The molecule has 0 aliphatic carbocycles. The van der Waals surface area contributed by atoms with Crippen LogP contribution < -0.4 is 11.1 Å². The number of hydrogen-bond donors (Lipinski definition) is 3. The molecule has 1 aromatic rings. The van der Waals surface area contributed by atoms with Crippen molar-refractivity contribution in [1.82, 2.24) is 0 Å². The van der Waals surface area contributed by atoms with Gasteiger partial charge in [-0.1, -0.05) is 15.9 Å². The molecule has 104 valence electrons. The summed E-state index contributed by atoms with van der Waals surface area (Å²) >= 11 is 3.45. The van der Waals surface area contributed by atoms with Gasteiger partial charge in [-0.15, -0.1) is 0 Å². The molecule has 5 nitrogen and oxygen atoms in total. The number of aliphatic carboxylic acids is 1. The van der Waals surface area contributed by atoms with Crippen LogP contribution in [0, 0.1) is 13.8 Å². The van der Waals surface area contributed by atoms with E-state index in [1.165, 1.54) is 0 Å². The number of carboxylic acid groups (broad SMARTS) is 1. The molecule has 0 aliphatic rings. The molecule has 1 amide bonds. The van der Waals surface area contributed by atoms with E-state index in [2.05, 4.69) is 21.2 Å². The van der Waals surface area contributed by atoms with Crippen LogP contribution in [0.3, 0.4) is 0 Å². The van der Waals surface area contributed by atoms with Gasteiger partial charge in [0.05, 0.1) is 6.04 Å². The second kappa shape index (κ2) is 6.68. The molecule has 4 N–H and O–H groups in total. The first-order chi connectivity index (χ1) is 8.81. The van der Waals surface area contributed by atoms with Crippen LogP contribution in [0.1, 0.15) is 24.0 Å². The standard InChI is InChI=1S/C13H17BrN2O3/c1-7-5-9(6-8(2)12(7)14)16-13(19)10(15)3-4-11(17)18/h5-6,10H,3-4,15H2,1-2H3,(H,16,19)(H,17,18). The zero-order valence-corrected chi connectivity index (χ0v) is 12.5. The summed E-state index contributed by atoms with van der Waals surface area (Å²) in [5, 5.41) is 11.2. The Kier molecular flexibility index (Phi) is 5.50. The topological polar surface area (TPSA) is 92.4 Å². The average molecular weight is 329 g/mol. The van der Waals surface area contributed by atoms with Gasteiger partial charge in [-0.25, -0.2) is 0 Å². The first-order valence-corrected chi connectivity index (χ1v) is 6.65. The van der Waals surface area contributed by atoms with Crippen LogP contribution in [0.2, 0.25) is 0 Å². The van der Waals surface area contributed by atoms with E-state index >= 15 is 0 Å². The monoisotopic (exact) mass is 328 g/mol. The maximum absolute atomic E-state index is 11.8. The summed E-state index contributed by atoms with van der Waals surface area (Å²) in [6.45, 7) is 3.86. The lowest BCUT2D eigenvalue weighted by atomic mass is 10.1. The number of nitrogens with one attached hydrogen (secondary N) is 1. The molecule has 1 unspecified atom stereocenters. The van der Waals surface area contributed by atoms with Crippen LogP contribution in [0.25, 0.3) is 0 Å². The van der Waals surface area contributed by atoms with E-state index in [-0.39, 0.29) is 18.7 Å². The SMILES string of the molecule is Cc1cc(NC(=O)C(N)CCC(=O)O)cc(C)c1Br. The largest absolute Gasteiger partial charge is 0.481 e. The molecule has 1 atom stereocenters. The van der Waals surface area contributed by atoms with Crippen molar-refractivity contribution in [2.24, 2.45) is 5.73 Å².